The first-order chi connectivity index (χ1) is 9.65. The number of amides is 1. The molecule has 6 heteroatoms. The third-order valence-electron chi connectivity index (χ3n) is 3.21. The second-order valence-corrected chi connectivity index (χ2v) is 6.48. The molecule has 110 valence electrons. The molecule has 20 heavy (non-hydrogen) atoms. The number of thioether (sulfide) groups is 1. The average Bonchev–Trinajstić information content (AvgIpc) is 2.47. The molecular formula is C14H18ClFN2OS. The Kier molecular flexibility index (Phi) is 6.13. The Balaban J connectivity index is 1.70. The summed E-state index contributed by atoms with van der Waals surface area (Å²) >= 11 is 7.40. The highest BCUT2D eigenvalue weighted by atomic mass is 35.5. The molecule has 2 rings (SSSR count). The minimum absolute atomic E-state index is 0.00831. The fraction of sp³-hybridized carbons (Fsp3) is 0.500. The fourth-order valence-electron chi connectivity index (χ4n) is 2.06. The van der Waals surface area contributed by atoms with Crippen LogP contribution in [0.1, 0.15) is 18.4 Å². The van der Waals surface area contributed by atoms with Crippen LogP contribution in [-0.4, -0.2) is 30.0 Å². The Morgan fingerprint density at radius 3 is 2.90 bits per heavy atom. The van der Waals surface area contributed by atoms with Crippen LogP contribution in [0.25, 0.3) is 0 Å². The second-order valence-electron chi connectivity index (χ2n) is 4.79. The predicted octanol–water partition coefficient (Wildman–Crippen LogP) is 2.58. The minimum atomic E-state index is -0.441. The zero-order valence-electron chi connectivity index (χ0n) is 11.1. The van der Waals surface area contributed by atoms with E-state index in [1.165, 1.54) is 12.1 Å². The number of nitrogens with one attached hydrogen (secondary N) is 2. The fourth-order valence-corrected chi connectivity index (χ4v) is 3.32. The van der Waals surface area contributed by atoms with Gasteiger partial charge in [-0.05, 0) is 43.6 Å². The molecule has 0 radical (unpaired) electrons. The summed E-state index contributed by atoms with van der Waals surface area (Å²) in [5, 5.41) is 6.79. The Morgan fingerprint density at radius 2 is 2.20 bits per heavy atom. The second kappa shape index (κ2) is 7.86. The van der Waals surface area contributed by atoms with Gasteiger partial charge in [0.1, 0.15) is 5.82 Å². The molecule has 0 spiro atoms. The summed E-state index contributed by atoms with van der Waals surface area (Å²) in [7, 11) is 0. The molecule has 1 fully saturated rings. The molecule has 2 N–H and O–H groups in total. The molecule has 3 nitrogen and oxygen atoms in total. The van der Waals surface area contributed by atoms with Crippen molar-refractivity contribution in [3.63, 3.8) is 0 Å². The van der Waals surface area contributed by atoms with E-state index in [0.29, 0.717) is 17.5 Å². The molecule has 1 heterocycles. The Morgan fingerprint density at radius 1 is 1.45 bits per heavy atom. The molecule has 0 aromatic heterocycles. The number of rotatable bonds is 5. The normalized spacial score (nSPS) is 16.1. The van der Waals surface area contributed by atoms with Crippen molar-refractivity contribution in [3.05, 3.63) is 34.6 Å². The number of carbonyl (C=O) groups excluding carboxylic acids is 1. The first kappa shape index (κ1) is 15.6. The van der Waals surface area contributed by atoms with Gasteiger partial charge in [0.15, 0.2) is 0 Å². The molecule has 0 unspecified atom stereocenters. The molecule has 0 saturated carbocycles. The first-order valence-electron chi connectivity index (χ1n) is 6.68. The van der Waals surface area contributed by atoms with Crippen molar-refractivity contribution in [2.24, 2.45) is 0 Å². The largest absolute Gasteiger partial charge is 0.351 e. The predicted molar refractivity (Wildman–Crippen MR) is 81.6 cm³/mol. The summed E-state index contributed by atoms with van der Waals surface area (Å²) in [6, 6.07) is 4.48. The monoisotopic (exact) mass is 316 g/mol. The lowest BCUT2D eigenvalue weighted by Gasteiger charge is -2.21. The van der Waals surface area contributed by atoms with Gasteiger partial charge in [-0.25, -0.2) is 4.39 Å². The van der Waals surface area contributed by atoms with Gasteiger partial charge in [-0.2, -0.15) is 0 Å². The van der Waals surface area contributed by atoms with E-state index in [2.05, 4.69) is 10.6 Å². The van der Waals surface area contributed by atoms with Crippen molar-refractivity contribution in [2.75, 3.05) is 18.8 Å². The van der Waals surface area contributed by atoms with Crippen molar-refractivity contribution in [2.45, 2.75) is 24.6 Å². The van der Waals surface area contributed by atoms with E-state index in [1.807, 2.05) is 0 Å². The highest BCUT2D eigenvalue weighted by Crippen LogP contribution is 2.20. The van der Waals surface area contributed by atoms with Gasteiger partial charge in [0.2, 0.25) is 5.91 Å². The van der Waals surface area contributed by atoms with Gasteiger partial charge < -0.3 is 10.6 Å². The highest BCUT2D eigenvalue weighted by molar-refractivity contribution is 8.00. The molecule has 0 bridgehead atoms. The van der Waals surface area contributed by atoms with Crippen LogP contribution in [0.3, 0.4) is 0 Å². The quantitative estimate of drug-likeness (QED) is 0.877. The van der Waals surface area contributed by atoms with Crippen LogP contribution < -0.4 is 10.6 Å². The average molecular weight is 317 g/mol. The minimum Gasteiger partial charge on any atom is -0.351 e. The van der Waals surface area contributed by atoms with Crippen LogP contribution in [0.15, 0.2) is 18.2 Å². The summed E-state index contributed by atoms with van der Waals surface area (Å²) in [4.78, 5) is 11.8. The number of hydrogen-bond donors (Lipinski definition) is 2. The Bertz CT molecular complexity index is 466. The van der Waals surface area contributed by atoms with E-state index < -0.39 is 5.82 Å². The summed E-state index contributed by atoms with van der Waals surface area (Å²) in [5.41, 5.74) is 0.802. The number of benzene rings is 1. The van der Waals surface area contributed by atoms with E-state index in [1.54, 1.807) is 17.8 Å². The third-order valence-corrected chi connectivity index (χ3v) is 4.87. The number of hydrogen-bond acceptors (Lipinski definition) is 3. The van der Waals surface area contributed by atoms with E-state index in [4.69, 9.17) is 11.6 Å². The van der Waals surface area contributed by atoms with Crippen molar-refractivity contribution >= 4 is 29.3 Å². The topological polar surface area (TPSA) is 41.1 Å². The maximum Gasteiger partial charge on any atom is 0.230 e. The van der Waals surface area contributed by atoms with Crippen LogP contribution in [0, 0.1) is 5.82 Å². The molecule has 1 amide bonds. The van der Waals surface area contributed by atoms with E-state index >= 15 is 0 Å². The molecule has 0 aliphatic carbocycles. The Hall–Kier alpha value is -0.780. The summed E-state index contributed by atoms with van der Waals surface area (Å²) in [6.45, 7) is 2.45. The van der Waals surface area contributed by atoms with Crippen LogP contribution in [0.5, 0.6) is 0 Å². The molecule has 1 aromatic carbocycles. The van der Waals surface area contributed by atoms with Crippen molar-refractivity contribution < 1.29 is 9.18 Å². The van der Waals surface area contributed by atoms with Gasteiger partial charge in [-0.15, -0.1) is 11.8 Å². The van der Waals surface area contributed by atoms with Crippen LogP contribution >= 0.6 is 23.4 Å². The zero-order valence-corrected chi connectivity index (χ0v) is 12.7. The van der Waals surface area contributed by atoms with Gasteiger partial charge in [-0.3, -0.25) is 4.79 Å². The maximum absolute atomic E-state index is 13.0. The lowest BCUT2D eigenvalue weighted by Crippen LogP contribution is -2.31. The van der Waals surface area contributed by atoms with Crippen molar-refractivity contribution in [1.82, 2.24) is 10.6 Å². The van der Waals surface area contributed by atoms with E-state index in [9.17, 15) is 9.18 Å². The highest BCUT2D eigenvalue weighted by Gasteiger charge is 2.14. The number of carbonyl (C=O) groups is 1. The summed E-state index contributed by atoms with van der Waals surface area (Å²) in [6.07, 6.45) is 2.23. The molecular weight excluding hydrogens is 299 g/mol. The van der Waals surface area contributed by atoms with E-state index in [0.717, 1.165) is 31.5 Å². The van der Waals surface area contributed by atoms with Crippen LogP contribution in [-0.2, 0) is 11.3 Å². The zero-order chi connectivity index (χ0) is 14.4. The molecule has 0 atom stereocenters. The molecule has 1 aromatic rings. The summed E-state index contributed by atoms with van der Waals surface area (Å²) < 4.78 is 13.0. The van der Waals surface area contributed by atoms with E-state index in [-0.39, 0.29) is 10.9 Å². The summed E-state index contributed by atoms with van der Waals surface area (Å²) in [5.74, 6) is 0.0387. The van der Waals surface area contributed by atoms with Gasteiger partial charge in [0, 0.05) is 11.8 Å². The van der Waals surface area contributed by atoms with Crippen LogP contribution in [0.4, 0.5) is 4.39 Å². The first-order valence-corrected chi connectivity index (χ1v) is 8.11. The molecule has 1 saturated heterocycles. The molecule has 1 aliphatic rings. The van der Waals surface area contributed by atoms with Gasteiger partial charge in [0.05, 0.1) is 10.8 Å². The lowest BCUT2D eigenvalue weighted by atomic mass is 10.2. The van der Waals surface area contributed by atoms with Gasteiger partial charge in [0.25, 0.3) is 0 Å². The number of piperidine rings is 1. The lowest BCUT2D eigenvalue weighted by molar-refractivity contribution is -0.118. The third kappa shape index (κ3) is 4.96. The van der Waals surface area contributed by atoms with Crippen LogP contribution in [0.2, 0.25) is 5.02 Å². The smallest absolute Gasteiger partial charge is 0.230 e. The van der Waals surface area contributed by atoms with Gasteiger partial charge >= 0.3 is 0 Å². The molecule has 1 aliphatic heterocycles. The standard InChI is InChI=1S/C14H18ClFN2OS/c15-12-7-10(1-2-13(12)16)8-18-14(19)9-20-11-3-5-17-6-4-11/h1-2,7,11,17H,3-6,8-9H2,(H,18,19). The maximum atomic E-state index is 13.0. The van der Waals surface area contributed by atoms with Crippen molar-refractivity contribution in [3.8, 4) is 0 Å². The number of halogens is 2. The van der Waals surface area contributed by atoms with Gasteiger partial charge in [-0.1, -0.05) is 17.7 Å². The SMILES string of the molecule is O=C(CSC1CCNCC1)NCc1ccc(F)c(Cl)c1. The Labute approximate surface area is 127 Å². The van der Waals surface area contributed by atoms with Crippen molar-refractivity contribution in [1.29, 1.82) is 0 Å².